The van der Waals surface area contributed by atoms with Gasteiger partial charge in [0.05, 0.1) is 13.2 Å². The summed E-state index contributed by atoms with van der Waals surface area (Å²) in [6, 6.07) is -0.833. The van der Waals surface area contributed by atoms with Gasteiger partial charge in [-0.05, 0) is 0 Å². The van der Waals surface area contributed by atoms with E-state index in [0.29, 0.717) is 6.54 Å². The molecule has 0 atom stereocenters. The number of aliphatic hydroxyl groups excluding tert-OH is 1. The zero-order valence-electron chi connectivity index (χ0n) is 7.14. The smallest absolute Gasteiger partial charge is 0.317 e. The Morgan fingerprint density at radius 1 is 1.15 bits per heavy atom. The zero-order valence-corrected chi connectivity index (χ0v) is 7.14. The maximum Gasteiger partial charge on any atom is 0.317 e. The molecular formula is C5H16N4O4. The predicted molar refractivity (Wildman–Crippen MR) is 46.6 cm³/mol. The molecule has 8 heteroatoms. The van der Waals surface area contributed by atoms with E-state index in [1.165, 1.54) is 0 Å². The van der Waals surface area contributed by atoms with Gasteiger partial charge in [0.15, 0.2) is 0 Å². The Balaban J connectivity index is -0.000000117. The fraction of sp³-hybridized carbons (Fsp3) is 0.600. The highest BCUT2D eigenvalue weighted by atomic mass is 16.4. The molecule has 0 rings (SSSR count). The van der Waals surface area contributed by atoms with Crippen LogP contribution in [0.15, 0.2) is 0 Å². The molecule has 0 unspecified atom stereocenters. The molecule has 0 aromatic carbocycles. The highest BCUT2D eigenvalue weighted by molar-refractivity contribution is 5.69. The number of hydrogen-bond acceptors (Lipinski definition) is 5. The summed E-state index contributed by atoms with van der Waals surface area (Å²) in [7, 11) is 0. The number of hydrogen-bond donors (Lipinski definition) is 6. The third-order valence-corrected chi connectivity index (χ3v) is 0.304. The molecule has 0 aliphatic heterocycles. The Hall–Kier alpha value is -1.38. The van der Waals surface area contributed by atoms with Crippen LogP contribution in [-0.2, 0) is 4.79 Å². The molecule has 0 aromatic heterocycles. The van der Waals surface area contributed by atoms with E-state index in [2.05, 4.69) is 17.2 Å². The number of carboxylic acids is 1. The molecule has 0 saturated heterocycles. The number of carboxylic acid groups (broad SMARTS) is 1. The summed E-state index contributed by atoms with van der Waals surface area (Å²) in [4.78, 5) is 18.2. The van der Waals surface area contributed by atoms with Gasteiger partial charge in [-0.3, -0.25) is 4.79 Å². The zero-order chi connectivity index (χ0) is 11.3. The molecule has 0 radical (unpaired) electrons. The third kappa shape index (κ3) is 301. The first-order valence-corrected chi connectivity index (χ1v) is 3.20. The second-order valence-electron chi connectivity index (χ2n) is 1.51. The standard InChI is InChI=1S/C2H5NO2.C2H7NO.CH4N2O/c3-1-2(4)5;3-1-2-4;2-1(3)4/h1,3H2,(H,4,5);4H,1-3H2;(H4,2,3,4). The van der Waals surface area contributed by atoms with E-state index in [-0.39, 0.29) is 13.2 Å². The van der Waals surface area contributed by atoms with Crippen LogP contribution in [0.4, 0.5) is 4.79 Å². The van der Waals surface area contributed by atoms with Crippen molar-refractivity contribution < 1.29 is 19.8 Å². The molecule has 0 bridgehead atoms. The predicted octanol–water partition coefficient (Wildman–Crippen LogP) is -3.01. The molecule has 8 nitrogen and oxygen atoms in total. The van der Waals surface area contributed by atoms with Crippen molar-refractivity contribution >= 4 is 12.0 Å². The monoisotopic (exact) mass is 196 g/mol. The maximum absolute atomic E-state index is 9.24. The van der Waals surface area contributed by atoms with Crippen molar-refractivity contribution in [1.29, 1.82) is 0 Å². The van der Waals surface area contributed by atoms with Crippen LogP contribution < -0.4 is 22.9 Å². The maximum atomic E-state index is 9.24. The van der Waals surface area contributed by atoms with Crippen molar-refractivity contribution in [2.24, 2.45) is 22.9 Å². The lowest BCUT2D eigenvalue weighted by molar-refractivity contribution is -0.135. The lowest BCUT2D eigenvalue weighted by Gasteiger charge is -1.73. The topological polar surface area (TPSA) is 179 Å². The third-order valence-electron chi connectivity index (χ3n) is 0.304. The summed E-state index contributed by atoms with van der Waals surface area (Å²) in [6.07, 6.45) is 0. The van der Waals surface area contributed by atoms with Gasteiger partial charge < -0.3 is 33.1 Å². The van der Waals surface area contributed by atoms with Crippen LogP contribution >= 0.6 is 0 Å². The SMILES string of the molecule is NC(N)=O.NCC(=O)O.NCCO. The second kappa shape index (κ2) is 16.9. The van der Waals surface area contributed by atoms with E-state index in [9.17, 15) is 4.79 Å². The number of nitrogens with two attached hydrogens (primary N) is 4. The first-order valence-electron chi connectivity index (χ1n) is 3.20. The van der Waals surface area contributed by atoms with Crippen LogP contribution in [-0.4, -0.2) is 41.9 Å². The van der Waals surface area contributed by atoms with Crippen molar-refractivity contribution in [2.45, 2.75) is 0 Å². The molecule has 10 N–H and O–H groups in total. The van der Waals surface area contributed by atoms with Crippen LogP contribution in [0.25, 0.3) is 0 Å². The minimum absolute atomic E-state index is 0.0972. The van der Waals surface area contributed by atoms with Gasteiger partial charge in [-0.15, -0.1) is 0 Å². The molecular weight excluding hydrogens is 180 g/mol. The fourth-order valence-corrected chi connectivity index (χ4v) is 0. The number of carbonyl (C=O) groups excluding carboxylic acids is 1. The quantitative estimate of drug-likeness (QED) is 0.273. The summed E-state index contributed by atoms with van der Waals surface area (Å²) in [5, 5.41) is 15.3. The van der Waals surface area contributed by atoms with Crippen LogP contribution in [0.1, 0.15) is 0 Å². The molecule has 0 aromatic rings. The van der Waals surface area contributed by atoms with Crippen molar-refractivity contribution in [2.75, 3.05) is 19.7 Å². The number of carbonyl (C=O) groups is 2. The summed E-state index contributed by atoms with van der Waals surface area (Å²) in [5.74, 6) is -0.968. The van der Waals surface area contributed by atoms with Gasteiger partial charge in [0, 0.05) is 6.54 Å². The Morgan fingerprint density at radius 3 is 1.31 bits per heavy atom. The Morgan fingerprint density at radius 2 is 1.31 bits per heavy atom. The van der Waals surface area contributed by atoms with Crippen LogP contribution in [0.3, 0.4) is 0 Å². The van der Waals surface area contributed by atoms with E-state index in [0.717, 1.165) is 0 Å². The van der Waals surface area contributed by atoms with Gasteiger partial charge in [0.2, 0.25) is 0 Å². The Labute approximate surface area is 75.5 Å². The summed E-state index contributed by atoms with van der Waals surface area (Å²) in [6.45, 7) is 0.194. The number of aliphatic hydroxyl groups is 1. The largest absolute Gasteiger partial charge is 0.480 e. The minimum Gasteiger partial charge on any atom is -0.480 e. The number of rotatable bonds is 2. The van der Waals surface area contributed by atoms with Crippen LogP contribution in [0.5, 0.6) is 0 Å². The van der Waals surface area contributed by atoms with Gasteiger partial charge in [0.25, 0.3) is 0 Å². The highest BCUT2D eigenvalue weighted by Gasteiger charge is 1.81. The molecule has 0 aliphatic carbocycles. The van der Waals surface area contributed by atoms with E-state index >= 15 is 0 Å². The van der Waals surface area contributed by atoms with E-state index in [4.69, 9.17) is 20.7 Å². The van der Waals surface area contributed by atoms with Gasteiger partial charge in [-0.1, -0.05) is 0 Å². The number of aliphatic carboxylic acids is 1. The van der Waals surface area contributed by atoms with Crippen LogP contribution in [0.2, 0.25) is 0 Å². The van der Waals surface area contributed by atoms with Gasteiger partial charge in [0.1, 0.15) is 0 Å². The van der Waals surface area contributed by atoms with E-state index in [1.807, 2.05) is 0 Å². The van der Waals surface area contributed by atoms with Crippen LogP contribution in [0, 0.1) is 0 Å². The molecule has 0 fully saturated rings. The van der Waals surface area contributed by atoms with E-state index < -0.39 is 12.0 Å². The van der Waals surface area contributed by atoms with Crippen molar-refractivity contribution in [1.82, 2.24) is 0 Å². The molecule has 13 heavy (non-hydrogen) atoms. The average Bonchev–Trinajstić information content (AvgIpc) is 2.04. The first-order chi connectivity index (χ1) is 5.92. The summed E-state index contributed by atoms with van der Waals surface area (Å²) < 4.78 is 0. The molecule has 0 heterocycles. The molecule has 80 valence electrons. The second-order valence-corrected chi connectivity index (χ2v) is 1.51. The number of primary amides is 2. The van der Waals surface area contributed by atoms with Crippen molar-refractivity contribution in [3.05, 3.63) is 0 Å². The average molecular weight is 196 g/mol. The lowest BCUT2D eigenvalue weighted by Crippen LogP contribution is -2.18. The lowest BCUT2D eigenvalue weighted by atomic mass is 10.7. The van der Waals surface area contributed by atoms with Crippen molar-refractivity contribution in [3.8, 4) is 0 Å². The summed E-state index contributed by atoms with van der Waals surface area (Å²) in [5.41, 5.74) is 17.8. The van der Waals surface area contributed by atoms with E-state index in [1.54, 1.807) is 0 Å². The number of urea groups is 1. The van der Waals surface area contributed by atoms with Gasteiger partial charge in [-0.25, -0.2) is 4.79 Å². The van der Waals surface area contributed by atoms with Crippen molar-refractivity contribution in [3.63, 3.8) is 0 Å². The Bertz CT molecular complexity index is 124. The number of amides is 2. The summed E-state index contributed by atoms with van der Waals surface area (Å²) >= 11 is 0. The fourth-order valence-electron chi connectivity index (χ4n) is 0. The highest BCUT2D eigenvalue weighted by Crippen LogP contribution is 1.43. The first kappa shape index (κ1) is 17.6. The van der Waals surface area contributed by atoms with Gasteiger partial charge >= 0.3 is 12.0 Å². The molecule has 0 spiro atoms. The molecule has 0 saturated carbocycles. The Kier molecular flexibility index (Phi) is 23.0. The molecule has 2 amide bonds. The molecule has 0 aliphatic rings. The normalized spacial score (nSPS) is 7.00. The van der Waals surface area contributed by atoms with Gasteiger partial charge in [-0.2, -0.15) is 0 Å². The minimum atomic E-state index is -0.968.